The van der Waals surface area contributed by atoms with Gasteiger partial charge in [-0.1, -0.05) is 17.7 Å². The molecule has 0 spiro atoms. The lowest BCUT2D eigenvalue weighted by Gasteiger charge is -2.08. The Balaban J connectivity index is 1.69. The van der Waals surface area contributed by atoms with Gasteiger partial charge in [0.2, 0.25) is 0 Å². The number of rotatable bonds is 6. The molecule has 162 valence electrons. The Labute approximate surface area is 194 Å². The highest BCUT2D eigenvalue weighted by atomic mass is 35.5. The number of hydrogen-bond acceptors (Lipinski definition) is 6. The van der Waals surface area contributed by atoms with Crippen LogP contribution in [0.2, 0.25) is 5.02 Å². The minimum Gasteiger partial charge on any atom is -0.497 e. The number of methoxy groups -OCH3 is 1. The first-order valence-corrected chi connectivity index (χ1v) is 10.9. The molecule has 0 saturated carbocycles. The lowest BCUT2D eigenvalue weighted by Crippen LogP contribution is -2.14. The molecule has 0 bridgehead atoms. The van der Waals surface area contributed by atoms with Crippen molar-refractivity contribution in [1.29, 1.82) is 0 Å². The molecule has 4 aromatic rings. The lowest BCUT2D eigenvalue weighted by atomic mass is 10.1. The Morgan fingerprint density at radius 2 is 1.88 bits per heavy atom. The average Bonchev–Trinajstić information content (AvgIpc) is 3.08. The largest absolute Gasteiger partial charge is 0.497 e. The van der Waals surface area contributed by atoms with Gasteiger partial charge in [-0.05, 0) is 67.1 Å². The summed E-state index contributed by atoms with van der Waals surface area (Å²) in [5.74, 6) is -0.0209. The van der Waals surface area contributed by atoms with E-state index in [9.17, 15) is 9.59 Å². The van der Waals surface area contributed by atoms with Crippen molar-refractivity contribution in [3.63, 3.8) is 0 Å². The van der Waals surface area contributed by atoms with E-state index in [1.807, 2.05) is 25.1 Å². The first kappa shape index (κ1) is 21.9. The smallest absolute Gasteiger partial charge is 0.322 e. The summed E-state index contributed by atoms with van der Waals surface area (Å²) in [4.78, 5) is 30.1. The molecular formula is C24H19ClN2O4S. The van der Waals surface area contributed by atoms with E-state index in [0.717, 1.165) is 17.4 Å². The topological polar surface area (TPSA) is 70.4 Å². The summed E-state index contributed by atoms with van der Waals surface area (Å²) in [6.45, 7) is 1.81. The lowest BCUT2D eigenvalue weighted by molar-refractivity contribution is -0.132. The van der Waals surface area contributed by atoms with Crippen LogP contribution in [-0.4, -0.2) is 28.5 Å². The standard InChI is InChI=1S/C24H19ClN2O4S/c1-15-19(14-23(28)31-32-22-5-3-4-12-26-22)20-13-18(30-2)10-11-21(20)27(15)24(29)16-6-8-17(25)9-7-16/h3-13H,14H2,1-2H3. The number of carbonyl (C=O) groups is 2. The summed E-state index contributed by atoms with van der Waals surface area (Å²) in [5.41, 5.74) is 2.54. The maximum atomic E-state index is 13.3. The monoisotopic (exact) mass is 466 g/mol. The van der Waals surface area contributed by atoms with Gasteiger partial charge in [0, 0.05) is 27.9 Å². The molecule has 6 nitrogen and oxygen atoms in total. The summed E-state index contributed by atoms with van der Waals surface area (Å²) >= 11 is 6.87. The predicted octanol–water partition coefficient (Wildman–Crippen LogP) is 5.49. The number of hydrogen-bond donors (Lipinski definition) is 0. The van der Waals surface area contributed by atoms with Crippen molar-refractivity contribution >= 4 is 46.4 Å². The van der Waals surface area contributed by atoms with Crippen LogP contribution in [0.25, 0.3) is 10.9 Å². The molecular weight excluding hydrogens is 448 g/mol. The number of halogens is 1. The molecule has 0 aliphatic heterocycles. The van der Waals surface area contributed by atoms with Crippen LogP contribution in [0.3, 0.4) is 0 Å². The van der Waals surface area contributed by atoms with Gasteiger partial charge in [-0.15, -0.1) is 0 Å². The van der Waals surface area contributed by atoms with Gasteiger partial charge in [0.15, 0.2) is 0 Å². The SMILES string of the molecule is COc1ccc2c(c1)c(CC(=O)OSc1ccccn1)c(C)n2C(=O)c1ccc(Cl)cc1. The molecule has 8 heteroatoms. The second-order valence-corrected chi connectivity index (χ2v) is 8.17. The van der Waals surface area contributed by atoms with Gasteiger partial charge in [-0.3, -0.25) is 14.2 Å². The molecule has 0 unspecified atom stereocenters. The molecule has 2 aromatic carbocycles. The number of aromatic nitrogens is 2. The van der Waals surface area contributed by atoms with Crippen molar-refractivity contribution in [2.24, 2.45) is 0 Å². The van der Waals surface area contributed by atoms with Crippen LogP contribution in [0.15, 0.2) is 71.9 Å². The summed E-state index contributed by atoms with van der Waals surface area (Å²) in [7, 11) is 1.57. The van der Waals surface area contributed by atoms with Crippen molar-refractivity contribution in [3.8, 4) is 5.75 Å². The predicted molar refractivity (Wildman–Crippen MR) is 124 cm³/mol. The van der Waals surface area contributed by atoms with Crippen LogP contribution in [0.1, 0.15) is 21.6 Å². The fourth-order valence-electron chi connectivity index (χ4n) is 3.46. The van der Waals surface area contributed by atoms with Crippen molar-refractivity contribution in [3.05, 3.63) is 88.7 Å². The molecule has 2 aromatic heterocycles. The van der Waals surface area contributed by atoms with Gasteiger partial charge < -0.3 is 8.92 Å². The van der Waals surface area contributed by atoms with Gasteiger partial charge in [-0.25, -0.2) is 4.98 Å². The molecule has 0 atom stereocenters. The molecule has 2 heterocycles. The van der Waals surface area contributed by atoms with Crippen molar-refractivity contribution in [2.45, 2.75) is 18.4 Å². The molecule has 0 amide bonds. The van der Waals surface area contributed by atoms with Crippen molar-refractivity contribution < 1.29 is 18.5 Å². The highest BCUT2D eigenvalue weighted by molar-refractivity contribution is 7.95. The van der Waals surface area contributed by atoms with Crippen LogP contribution in [0.5, 0.6) is 5.75 Å². The van der Waals surface area contributed by atoms with Gasteiger partial charge in [0.25, 0.3) is 5.91 Å². The van der Waals surface area contributed by atoms with Gasteiger partial charge in [-0.2, -0.15) is 0 Å². The third-order valence-electron chi connectivity index (χ3n) is 5.02. The summed E-state index contributed by atoms with van der Waals surface area (Å²) in [5, 5.41) is 1.89. The van der Waals surface area contributed by atoms with E-state index in [2.05, 4.69) is 4.98 Å². The Bertz CT molecular complexity index is 1290. The highest BCUT2D eigenvalue weighted by Crippen LogP contribution is 2.31. The first-order valence-electron chi connectivity index (χ1n) is 9.74. The normalized spacial score (nSPS) is 10.8. The van der Waals surface area contributed by atoms with E-state index in [1.54, 1.807) is 60.3 Å². The van der Waals surface area contributed by atoms with E-state index in [-0.39, 0.29) is 12.3 Å². The van der Waals surface area contributed by atoms with E-state index in [1.165, 1.54) is 0 Å². The van der Waals surface area contributed by atoms with E-state index in [4.69, 9.17) is 20.5 Å². The molecule has 0 aliphatic carbocycles. The van der Waals surface area contributed by atoms with E-state index >= 15 is 0 Å². The number of carbonyl (C=O) groups excluding carboxylic acids is 2. The average molecular weight is 467 g/mol. The zero-order valence-corrected chi connectivity index (χ0v) is 18.9. The molecule has 0 saturated heterocycles. The Morgan fingerprint density at radius 3 is 2.56 bits per heavy atom. The van der Waals surface area contributed by atoms with Gasteiger partial charge in [0.05, 0.1) is 19.0 Å². The van der Waals surface area contributed by atoms with Crippen LogP contribution in [0, 0.1) is 6.92 Å². The van der Waals surface area contributed by atoms with Gasteiger partial charge >= 0.3 is 5.97 Å². The summed E-state index contributed by atoms with van der Waals surface area (Å²) in [6, 6.07) is 17.5. The number of fused-ring (bicyclic) bond motifs is 1. The van der Waals surface area contributed by atoms with E-state index in [0.29, 0.717) is 38.1 Å². The number of pyridine rings is 1. The Morgan fingerprint density at radius 1 is 1.09 bits per heavy atom. The maximum absolute atomic E-state index is 13.3. The summed E-state index contributed by atoms with van der Waals surface area (Å²) < 4.78 is 12.3. The zero-order valence-electron chi connectivity index (χ0n) is 17.4. The Kier molecular flexibility index (Phi) is 6.48. The molecule has 0 fully saturated rings. The van der Waals surface area contributed by atoms with Crippen LogP contribution < -0.4 is 4.74 Å². The third kappa shape index (κ3) is 4.49. The second-order valence-electron chi connectivity index (χ2n) is 6.98. The number of ether oxygens (including phenoxy) is 1. The Hall–Kier alpha value is -3.29. The van der Waals surface area contributed by atoms with Gasteiger partial charge in [0.1, 0.15) is 22.8 Å². The number of nitrogens with zero attached hydrogens (tertiary/aromatic N) is 2. The van der Waals surface area contributed by atoms with Crippen molar-refractivity contribution in [1.82, 2.24) is 9.55 Å². The van der Waals surface area contributed by atoms with E-state index < -0.39 is 5.97 Å². The van der Waals surface area contributed by atoms with Crippen molar-refractivity contribution in [2.75, 3.05) is 7.11 Å². The highest BCUT2D eigenvalue weighted by Gasteiger charge is 2.22. The van der Waals surface area contributed by atoms with Crippen LogP contribution >= 0.6 is 23.6 Å². The quantitative estimate of drug-likeness (QED) is 0.350. The number of benzene rings is 2. The molecule has 4 rings (SSSR count). The van der Waals surface area contributed by atoms with Crippen LogP contribution in [-0.2, 0) is 15.4 Å². The fraction of sp³-hybridized carbons (Fsp3) is 0.125. The molecule has 0 radical (unpaired) electrons. The van der Waals surface area contributed by atoms with Crippen LogP contribution in [0.4, 0.5) is 0 Å². The second kappa shape index (κ2) is 9.46. The maximum Gasteiger partial charge on any atom is 0.322 e. The molecule has 0 aliphatic rings. The molecule has 32 heavy (non-hydrogen) atoms. The minimum absolute atomic E-state index is 0.00374. The molecule has 0 N–H and O–H groups in total. The zero-order chi connectivity index (χ0) is 22.7. The first-order chi connectivity index (χ1) is 15.5. The third-order valence-corrected chi connectivity index (χ3v) is 5.95. The fourth-order valence-corrected chi connectivity index (χ4v) is 4.06. The summed E-state index contributed by atoms with van der Waals surface area (Å²) in [6.07, 6.45) is 1.62. The minimum atomic E-state index is -0.440.